The van der Waals surface area contributed by atoms with Gasteiger partial charge in [0.25, 0.3) is 5.91 Å². The predicted octanol–water partition coefficient (Wildman–Crippen LogP) is 0.258. The van der Waals surface area contributed by atoms with Crippen LogP contribution in [-0.4, -0.2) is 35.4 Å². The van der Waals surface area contributed by atoms with E-state index in [1.807, 2.05) is 0 Å². The minimum atomic E-state index is -0.595. The molecule has 0 bridgehead atoms. The number of primary amides is 1. The highest BCUT2D eigenvalue weighted by Crippen LogP contribution is 2.19. The maximum absolute atomic E-state index is 11.8. The molecule has 1 aromatic rings. The van der Waals surface area contributed by atoms with Crippen molar-refractivity contribution in [2.24, 2.45) is 5.73 Å². The van der Waals surface area contributed by atoms with Crippen LogP contribution in [0.3, 0.4) is 0 Å². The van der Waals surface area contributed by atoms with Crippen molar-refractivity contribution >= 4 is 11.8 Å². The van der Waals surface area contributed by atoms with E-state index < -0.39 is 11.8 Å². The summed E-state index contributed by atoms with van der Waals surface area (Å²) in [7, 11) is 1.45. The van der Waals surface area contributed by atoms with E-state index in [0.29, 0.717) is 0 Å². The zero-order chi connectivity index (χ0) is 12.3. The Balaban J connectivity index is 2.92. The van der Waals surface area contributed by atoms with Gasteiger partial charge in [-0.05, 0) is 24.6 Å². The minimum Gasteiger partial charge on any atom is -0.507 e. The van der Waals surface area contributed by atoms with Gasteiger partial charge in [0.1, 0.15) is 5.75 Å². The number of amides is 2. The number of phenols is 1. The Hall–Kier alpha value is -2.04. The maximum atomic E-state index is 11.8. The number of hydrogen-bond donors (Lipinski definition) is 2. The zero-order valence-electron chi connectivity index (χ0n) is 9.23. The molecular formula is C11H14N2O3. The van der Waals surface area contributed by atoms with Crippen LogP contribution in [0.2, 0.25) is 0 Å². The lowest BCUT2D eigenvalue weighted by Gasteiger charge is -2.15. The maximum Gasteiger partial charge on any atom is 0.257 e. The fourth-order valence-corrected chi connectivity index (χ4v) is 1.33. The van der Waals surface area contributed by atoms with Crippen LogP contribution in [0.4, 0.5) is 0 Å². The van der Waals surface area contributed by atoms with E-state index in [4.69, 9.17) is 5.73 Å². The summed E-state index contributed by atoms with van der Waals surface area (Å²) < 4.78 is 0. The van der Waals surface area contributed by atoms with Crippen molar-refractivity contribution in [3.05, 3.63) is 29.3 Å². The molecule has 1 rings (SSSR count). The van der Waals surface area contributed by atoms with Gasteiger partial charge >= 0.3 is 0 Å². The smallest absolute Gasteiger partial charge is 0.257 e. The minimum absolute atomic E-state index is 0.0960. The highest BCUT2D eigenvalue weighted by atomic mass is 16.3. The normalized spacial score (nSPS) is 9.88. The van der Waals surface area contributed by atoms with E-state index >= 15 is 0 Å². The molecule has 0 saturated carbocycles. The summed E-state index contributed by atoms with van der Waals surface area (Å²) in [6, 6.07) is 4.72. The summed E-state index contributed by atoms with van der Waals surface area (Å²) in [5, 5.41) is 9.58. The zero-order valence-corrected chi connectivity index (χ0v) is 9.23. The van der Waals surface area contributed by atoms with E-state index in [0.717, 1.165) is 10.5 Å². The van der Waals surface area contributed by atoms with Crippen molar-refractivity contribution < 1.29 is 14.7 Å². The summed E-state index contributed by atoms with van der Waals surface area (Å²) in [5.41, 5.74) is 5.99. The largest absolute Gasteiger partial charge is 0.507 e. The van der Waals surface area contributed by atoms with Gasteiger partial charge in [-0.3, -0.25) is 9.59 Å². The SMILES string of the molecule is Cc1ccc(C(=O)N(C)CC(N)=O)c(O)c1. The van der Waals surface area contributed by atoms with Crippen LogP contribution in [0.25, 0.3) is 0 Å². The molecule has 0 heterocycles. The van der Waals surface area contributed by atoms with E-state index in [-0.39, 0.29) is 17.9 Å². The summed E-state index contributed by atoms with van der Waals surface area (Å²) in [6.45, 7) is 1.63. The van der Waals surface area contributed by atoms with Crippen molar-refractivity contribution in [1.29, 1.82) is 0 Å². The number of nitrogens with zero attached hydrogens (tertiary/aromatic N) is 1. The molecule has 2 amide bonds. The van der Waals surface area contributed by atoms with Gasteiger partial charge < -0.3 is 15.7 Å². The monoisotopic (exact) mass is 222 g/mol. The van der Waals surface area contributed by atoms with E-state index in [1.54, 1.807) is 13.0 Å². The lowest BCUT2D eigenvalue weighted by molar-refractivity contribution is -0.118. The molecule has 1 aromatic carbocycles. The molecule has 0 aliphatic heterocycles. The van der Waals surface area contributed by atoms with Crippen molar-refractivity contribution in [3.63, 3.8) is 0 Å². The number of rotatable bonds is 3. The molecule has 0 radical (unpaired) electrons. The predicted molar refractivity (Wildman–Crippen MR) is 59.0 cm³/mol. The summed E-state index contributed by atoms with van der Waals surface area (Å²) in [4.78, 5) is 23.6. The first-order valence-electron chi connectivity index (χ1n) is 4.75. The first-order chi connectivity index (χ1) is 7.41. The number of aromatic hydroxyl groups is 1. The van der Waals surface area contributed by atoms with Crippen molar-refractivity contribution in [1.82, 2.24) is 4.90 Å². The van der Waals surface area contributed by atoms with E-state index in [1.165, 1.54) is 19.2 Å². The average molecular weight is 222 g/mol. The molecule has 16 heavy (non-hydrogen) atoms. The molecule has 86 valence electrons. The Labute approximate surface area is 93.5 Å². The van der Waals surface area contributed by atoms with Crippen molar-refractivity contribution in [2.75, 3.05) is 13.6 Å². The van der Waals surface area contributed by atoms with Crippen molar-refractivity contribution in [3.8, 4) is 5.75 Å². The second-order valence-electron chi connectivity index (χ2n) is 3.65. The van der Waals surface area contributed by atoms with Gasteiger partial charge in [0.15, 0.2) is 0 Å². The quantitative estimate of drug-likeness (QED) is 0.769. The Bertz CT molecular complexity index is 429. The van der Waals surface area contributed by atoms with Gasteiger partial charge in [-0.2, -0.15) is 0 Å². The van der Waals surface area contributed by atoms with Gasteiger partial charge in [0, 0.05) is 7.05 Å². The lowest BCUT2D eigenvalue weighted by Crippen LogP contribution is -2.35. The summed E-state index contributed by atoms with van der Waals surface area (Å²) in [5.74, 6) is -1.12. The summed E-state index contributed by atoms with van der Waals surface area (Å²) >= 11 is 0. The highest BCUT2D eigenvalue weighted by Gasteiger charge is 2.16. The fraction of sp³-hybridized carbons (Fsp3) is 0.273. The molecule has 0 unspecified atom stereocenters. The fourth-order valence-electron chi connectivity index (χ4n) is 1.33. The van der Waals surface area contributed by atoms with Crippen molar-refractivity contribution in [2.45, 2.75) is 6.92 Å². The Morgan fingerprint density at radius 3 is 2.56 bits per heavy atom. The average Bonchev–Trinajstić information content (AvgIpc) is 2.15. The van der Waals surface area contributed by atoms with Gasteiger partial charge in [-0.1, -0.05) is 6.07 Å². The van der Waals surface area contributed by atoms with Crippen LogP contribution in [0, 0.1) is 6.92 Å². The molecule has 0 spiro atoms. The molecule has 3 N–H and O–H groups in total. The van der Waals surface area contributed by atoms with Crippen LogP contribution in [0.15, 0.2) is 18.2 Å². The number of benzene rings is 1. The van der Waals surface area contributed by atoms with E-state index in [2.05, 4.69) is 0 Å². The van der Waals surface area contributed by atoms with Crippen LogP contribution in [0.5, 0.6) is 5.75 Å². The second kappa shape index (κ2) is 4.65. The number of hydrogen-bond acceptors (Lipinski definition) is 3. The standard InChI is InChI=1S/C11H14N2O3/c1-7-3-4-8(9(14)5-7)11(16)13(2)6-10(12)15/h3-5,14H,6H2,1-2H3,(H2,12,15). The molecule has 0 atom stereocenters. The number of nitrogens with two attached hydrogens (primary N) is 1. The topological polar surface area (TPSA) is 83.6 Å². The molecule has 0 fully saturated rings. The van der Waals surface area contributed by atoms with Gasteiger partial charge in [0.05, 0.1) is 12.1 Å². The molecule has 5 heteroatoms. The highest BCUT2D eigenvalue weighted by molar-refractivity contribution is 5.98. The molecule has 0 aromatic heterocycles. The molecule has 0 saturated heterocycles. The number of likely N-dealkylation sites (N-methyl/N-ethyl adjacent to an activating group) is 1. The summed E-state index contributed by atoms with van der Waals surface area (Å²) in [6.07, 6.45) is 0. The Kier molecular flexibility index (Phi) is 3.50. The van der Waals surface area contributed by atoms with Crippen LogP contribution in [-0.2, 0) is 4.79 Å². The third kappa shape index (κ3) is 2.73. The second-order valence-corrected chi connectivity index (χ2v) is 3.65. The van der Waals surface area contributed by atoms with Gasteiger partial charge in [0.2, 0.25) is 5.91 Å². The Morgan fingerprint density at radius 2 is 2.06 bits per heavy atom. The van der Waals surface area contributed by atoms with Crippen LogP contribution < -0.4 is 5.73 Å². The van der Waals surface area contributed by atoms with E-state index in [9.17, 15) is 14.7 Å². The molecule has 0 aliphatic rings. The third-order valence-corrected chi connectivity index (χ3v) is 2.12. The number of aryl methyl sites for hydroxylation is 1. The number of carbonyl (C=O) groups excluding carboxylic acids is 2. The van der Waals surface area contributed by atoms with Crippen LogP contribution in [0.1, 0.15) is 15.9 Å². The lowest BCUT2D eigenvalue weighted by atomic mass is 10.1. The molecule has 5 nitrogen and oxygen atoms in total. The number of carbonyl (C=O) groups is 2. The third-order valence-electron chi connectivity index (χ3n) is 2.12. The number of phenolic OH excluding ortho intramolecular Hbond substituents is 1. The molecular weight excluding hydrogens is 208 g/mol. The van der Waals surface area contributed by atoms with Crippen LogP contribution >= 0.6 is 0 Å². The first-order valence-corrected chi connectivity index (χ1v) is 4.75. The molecule has 0 aliphatic carbocycles. The Morgan fingerprint density at radius 1 is 1.44 bits per heavy atom. The first kappa shape index (κ1) is 12.0. The van der Waals surface area contributed by atoms with Gasteiger partial charge in [-0.25, -0.2) is 0 Å². The van der Waals surface area contributed by atoms with Gasteiger partial charge in [-0.15, -0.1) is 0 Å².